The minimum Gasteiger partial charge on any atom is -0.304 e. The van der Waals surface area contributed by atoms with Gasteiger partial charge in [-0.15, -0.1) is 0 Å². The van der Waals surface area contributed by atoms with Crippen molar-refractivity contribution in [2.75, 3.05) is 5.32 Å². The van der Waals surface area contributed by atoms with Gasteiger partial charge >= 0.3 is 6.03 Å². The summed E-state index contributed by atoms with van der Waals surface area (Å²) in [5.41, 5.74) is 0.857. The van der Waals surface area contributed by atoms with E-state index in [1.807, 2.05) is 0 Å². The van der Waals surface area contributed by atoms with Gasteiger partial charge in [0.25, 0.3) is 0 Å². The summed E-state index contributed by atoms with van der Waals surface area (Å²) < 4.78 is 0. The molecule has 1 aliphatic rings. The fourth-order valence-electron chi connectivity index (χ4n) is 0.924. The molecule has 1 aliphatic heterocycles. The van der Waals surface area contributed by atoms with Crippen LogP contribution < -0.4 is 10.6 Å². The molecule has 1 aromatic heterocycles. The van der Waals surface area contributed by atoms with Crippen LogP contribution in [0.3, 0.4) is 0 Å². The molecule has 1 radical (unpaired) electrons. The summed E-state index contributed by atoms with van der Waals surface area (Å²) in [5, 5.41) is 6.42. The molecule has 0 saturated heterocycles. The minimum absolute atomic E-state index is 0.135. The van der Waals surface area contributed by atoms with Crippen LogP contribution in [0.1, 0.15) is 0 Å². The highest BCUT2D eigenvalue weighted by atomic mass is 35.5. The van der Waals surface area contributed by atoms with Gasteiger partial charge < -0.3 is 5.32 Å². The summed E-state index contributed by atoms with van der Waals surface area (Å²) in [4.78, 5) is 14.5. The summed E-state index contributed by atoms with van der Waals surface area (Å²) in [6.07, 6.45) is 0. The molecule has 6 heteroatoms. The lowest BCUT2D eigenvalue weighted by molar-refractivity contribution is 0.256. The zero-order chi connectivity index (χ0) is 8.72. The molecule has 12 heavy (non-hydrogen) atoms. The zero-order valence-corrected chi connectivity index (χ0v) is 7.15. The fraction of sp³-hybridized carbons (Fsp3) is 0. The lowest BCUT2D eigenvalue weighted by Crippen LogP contribution is -2.08. The fourth-order valence-corrected chi connectivity index (χ4v) is 1.40. The highest BCUT2D eigenvalue weighted by molar-refractivity contribution is 6.35. The molecule has 61 valence electrons. The molecule has 0 aliphatic carbocycles. The van der Waals surface area contributed by atoms with Crippen molar-refractivity contribution >= 4 is 40.6 Å². The van der Waals surface area contributed by atoms with Gasteiger partial charge in [-0.3, -0.25) is 0 Å². The van der Waals surface area contributed by atoms with Crippen LogP contribution in [-0.4, -0.2) is 11.0 Å². The number of aromatic nitrogens is 1. The summed E-state index contributed by atoms with van der Waals surface area (Å²) in [5.74, 6) is 0. The van der Waals surface area contributed by atoms with Gasteiger partial charge in [-0.2, -0.15) is 5.32 Å². The third-order valence-electron chi connectivity index (χ3n) is 1.37. The molecular weight excluding hydrogens is 201 g/mol. The maximum Gasteiger partial charge on any atom is 0.346 e. The molecule has 0 spiro atoms. The van der Waals surface area contributed by atoms with E-state index >= 15 is 0 Å². The lowest BCUT2D eigenvalue weighted by atomic mass is 10.4. The van der Waals surface area contributed by atoms with Crippen molar-refractivity contribution in [1.29, 1.82) is 0 Å². The first-order chi connectivity index (χ1) is 5.66. The number of hydrogen-bond acceptors (Lipinski definition) is 2. The van der Waals surface area contributed by atoms with Crippen LogP contribution in [0.2, 0.25) is 10.3 Å². The zero-order valence-electron chi connectivity index (χ0n) is 5.64. The first kappa shape index (κ1) is 7.64. The molecule has 0 saturated carbocycles. The van der Waals surface area contributed by atoms with E-state index in [2.05, 4.69) is 15.6 Å². The summed E-state index contributed by atoms with van der Waals surface area (Å²) >= 11 is 11.2. The van der Waals surface area contributed by atoms with Crippen LogP contribution in [0.5, 0.6) is 0 Å². The van der Waals surface area contributed by atoms with E-state index in [-0.39, 0.29) is 10.3 Å². The number of amides is 2. The Balaban J connectivity index is 2.59. The number of nitrogens with zero attached hydrogens (tertiary/aromatic N) is 2. The van der Waals surface area contributed by atoms with E-state index in [0.29, 0.717) is 11.4 Å². The van der Waals surface area contributed by atoms with Gasteiger partial charge in [-0.1, -0.05) is 23.2 Å². The van der Waals surface area contributed by atoms with E-state index in [4.69, 9.17) is 23.2 Å². The molecule has 0 fully saturated rings. The Morgan fingerprint density at radius 3 is 2.92 bits per heavy atom. The van der Waals surface area contributed by atoms with Crippen LogP contribution in [0.25, 0.3) is 0 Å². The average Bonchev–Trinajstić information content (AvgIpc) is 2.29. The van der Waals surface area contributed by atoms with Crippen LogP contribution in [0.15, 0.2) is 6.07 Å². The van der Waals surface area contributed by atoms with Crippen LogP contribution in [-0.2, 0) is 0 Å². The molecule has 0 unspecified atom stereocenters. The predicted molar refractivity (Wildman–Crippen MR) is 45.1 cm³/mol. The van der Waals surface area contributed by atoms with Crippen LogP contribution in [0, 0.1) is 0 Å². The topological polar surface area (TPSA) is 56.1 Å². The molecular formula is C6H2Cl2N3O. The smallest absolute Gasteiger partial charge is 0.304 e. The quantitative estimate of drug-likeness (QED) is 0.656. The second-order valence-corrected chi connectivity index (χ2v) is 2.92. The predicted octanol–water partition coefficient (Wildman–Crippen LogP) is 2.17. The van der Waals surface area contributed by atoms with E-state index in [9.17, 15) is 4.79 Å². The average molecular weight is 203 g/mol. The number of pyridine rings is 1. The van der Waals surface area contributed by atoms with Crippen molar-refractivity contribution in [2.45, 2.75) is 0 Å². The molecule has 0 atom stereocenters. The Bertz CT molecular complexity index is 366. The number of nitrogens with one attached hydrogen (secondary N) is 1. The van der Waals surface area contributed by atoms with Crippen molar-refractivity contribution < 1.29 is 4.79 Å². The maximum atomic E-state index is 10.8. The third kappa shape index (κ3) is 1.09. The SMILES string of the molecule is O=C1[N]c2c(cc(Cl)nc2Cl)N1. The number of carbonyl (C=O) groups excluding carboxylic acids is 1. The van der Waals surface area contributed by atoms with Gasteiger partial charge in [-0.25, -0.2) is 9.78 Å². The van der Waals surface area contributed by atoms with Crippen molar-refractivity contribution in [1.82, 2.24) is 10.3 Å². The Labute approximate surface area is 77.9 Å². The highest BCUT2D eigenvalue weighted by Crippen LogP contribution is 2.34. The Morgan fingerprint density at radius 1 is 1.42 bits per heavy atom. The van der Waals surface area contributed by atoms with Crippen molar-refractivity contribution in [3.63, 3.8) is 0 Å². The Morgan fingerprint density at radius 2 is 2.17 bits per heavy atom. The van der Waals surface area contributed by atoms with Crippen LogP contribution in [0.4, 0.5) is 16.2 Å². The first-order valence-corrected chi connectivity index (χ1v) is 3.81. The normalized spacial score (nSPS) is 13.7. The molecule has 2 amide bonds. The van der Waals surface area contributed by atoms with Gasteiger partial charge in [0, 0.05) is 6.07 Å². The van der Waals surface area contributed by atoms with Crippen LogP contribution >= 0.6 is 23.2 Å². The summed E-state index contributed by atoms with van der Waals surface area (Å²) in [7, 11) is 0. The van der Waals surface area contributed by atoms with Gasteiger partial charge in [0.2, 0.25) is 0 Å². The lowest BCUT2D eigenvalue weighted by Gasteiger charge is -1.97. The minimum atomic E-state index is -0.448. The molecule has 4 nitrogen and oxygen atoms in total. The van der Waals surface area contributed by atoms with Crippen molar-refractivity contribution in [2.24, 2.45) is 0 Å². The Kier molecular flexibility index (Phi) is 1.59. The molecule has 1 aromatic rings. The molecule has 2 rings (SSSR count). The number of urea groups is 1. The van der Waals surface area contributed by atoms with Gasteiger partial charge in [0.1, 0.15) is 10.8 Å². The standard InChI is InChI=1S/C6H2Cl2N3O/c7-3-1-2-4(5(8)10-3)11-6(12)9-2/h1H,(H,9,12). The van der Waals surface area contributed by atoms with Crippen molar-refractivity contribution in [3.05, 3.63) is 16.4 Å². The van der Waals surface area contributed by atoms with E-state index in [1.54, 1.807) is 0 Å². The number of anilines is 1. The number of carbonyl (C=O) groups is 1. The van der Waals surface area contributed by atoms with Gasteiger partial charge in [0.15, 0.2) is 5.15 Å². The number of halogens is 2. The Hall–Kier alpha value is -1.000. The van der Waals surface area contributed by atoms with E-state index < -0.39 is 6.03 Å². The third-order valence-corrected chi connectivity index (χ3v) is 1.83. The monoisotopic (exact) mass is 202 g/mol. The second-order valence-electron chi connectivity index (χ2n) is 2.17. The van der Waals surface area contributed by atoms with Crippen molar-refractivity contribution in [3.8, 4) is 0 Å². The summed E-state index contributed by atoms with van der Waals surface area (Å²) in [6.45, 7) is 0. The number of fused-ring (bicyclic) bond motifs is 1. The molecule has 0 aromatic carbocycles. The number of hydrogen-bond donors (Lipinski definition) is 1. The molecule has 0 bridgehead atoms. The second kappa shape index (κ2) is 2.50. The highest BCUT2D eigenvalue weighted by Gasteiger charge is 2.23. The van der Waals surface area contributed by atoms with Gasteiger partial charge in [-0.05, 0) is 0 Å². The maximum absolute atomic E-state index is 10.8. The largest absolute Gasteiger partial charge is 0.346 e. The van der Waals surface area contributed by atoms with Gasteiger partial charge in [0.05, 0.1) is 5.69 Å². The molecule has 2 heterocycles. The first-order valence-electron chi connectivity index (χ1n) is 3.05. The van der Waals surface area contributed by atoms with E-state index in [1.165, 1.54) is 6.07 Å². The van der Waals surface area contributed by atoms with E-state index in [0.717, 1.165) is 0 Å². The summed E-state index contributed by atoms with van der Waals surface area (Å²) in [6, 6.07) is 1.05. The number of rotatable bonds is 0. The molecule has 1 N–H and O–H groups in total.